The normalized spacial score (nSPS) is 19.9. The number of amides is 1. The number of aliphatic hydroxyl groups excluding tert-OH is 1. The Labute approximate surface area is 140 Å². The summed E-state index contributed by atoms with van der Waals surface area (Å²) in [4.78, 5) is 12.3. The van der Waals surface area contributed by atoms with E-state index in [2.05, 4.69) is 12.2 Å². The molecule has 128 valence electrons. The first-order chi connectivity index (χ1) is 11.4. The van der Waals surface area contributed by atoms with Crippen LogP contribution >= 0.6 is 0 Å². The second-order valence-electron chi connectivity index (χ2n) is 6.04. The van der Waals surface area contributed by atoms with E-state index >= 15 is 0 Å². The van der Waals surface area contributed by atoms with Crippen LogP contribution in [0.25, 0.3) is 0 Å². The highest BCUT2D eigenvalue weighted by Crippen LogP contribution is 2.47. The molecule has 0 aliphatic heterocycles. The van der Waals surface area contributed by atoms with Gasteiger partial charge in [0.15, 0.2) is 15.6 Å². The minimum absolute atomic E-state index is 0.109. The van der Waals surface area contributed by atoms with Crippen LogP contribution in [-0.2, 0) is 9.84 Å². The van der Waals surface area contributed by atoms with Crippen molar-refractivity contribution in [2.45, 2.75) is 24.2 Å². The van der Waals surface area contributed by atoms with Crippen molar-refractivity contribution >= 4 is 21.4 Å². The first-order valence-corrected chi connectivity index (χ1v) is 9.40. The lowest BCUT2D eigenvalue weighted by molar-refractivity contribution is 0.0995. The third-order valence-corrected chi connectivity index (χ3v) is 5.87. The fourth-order valence-electron chi connectivity index (χ4n) is 2.57. The van der Waals surface area contributed by atoms with Crippen LogP contribution in [0.15, 0.2) is 45.7 Å². The number of nitrogens with one attached hydrogen (secondary N) is 1. The van der Waals surface area contributed by atoms with Gasteiger partial charge in [-0.3, -0.25) is 4.79 Å². The molecule has 0 radical (unpaired) electrons. The zero-order chi connectivity index (χ0) is 17.3. The van der Waals surface area contributed by atoms with Gasteiger partial charge in [0.25, 0.3) is 5.91 Å². The lowest BCUT2D eigenvalue weighted by Crippen LogP contribution is -2.12. The Morgan fingerprint density at radius 1 is 1.25 bits per heavy atom. The summed E-state index contributed by atoms with van der Waals surface area (Å²) in [5.74, 6) is 1.37. The lowest BCUT2D eigenvalue weighted by atomic mass is 10.3. The largest absolute Gasteiger partial charge is 0.456 e. The Balaban J connectivity index is 1.67. The van der Waals surface area contributed by atoms with Gasteiger partial charge >= 0.3 is 0 Å². The molecule has 2 atom stereocenters. The summed E-state index contributed by atoms with van der Waals surface area (Å²) < 4.78 is 29.2. The van der Waals surface area contributed by atoms with E-state index in [1.165, 1.54) is 24.3 Å². The van der Waals surface area contributed by atoms with Crippen molar-refractivity contribution in [3.8, 4) is 0 Å². The molecule has 6 nitrogen and oxygen atoms in total. The zero-order valence-electron chi connectivity index (χ0n) is 13.2. The van der Waals surface area contributed by atoms with E-state index in [1.807, 2.05) is 6.07 Å². The van der Waals surface area contributed by atoms with Gasteiger partial charge in [0.1, 0.15) is 5.76 Å². The monoisotopic (exact) mass is 349 g/mol. The Hall–Kier alpha value is -2.12. The van der Waals surface area contributed by atoms with Gasteiger partial charge in [-0.2, -0.15) is 0 Å². The number of sulfone groups is 1. The van der Waals surface area contributed by atoms with Crippen molar-refractivity contribution in [2.75, 3.05) is 17.7 Å². The van der Waals surface area contributed by atoms with E-state index in [-0.39, 0.29) is 22.3 Å². The fourth-order valence-corrected chi connectivity index (χ4v) is 3.60. The van der Waals surface area contributed by atoms with Crippen LogP contribution in [0.1, 0.15) is 35.6 Å². The number of benzene rings is 1. The number of aliphatic hydroxyl groups is 1. The van der Waals surface area contributed by atoms with Crippen LogP contribution in [0.4, 0.5) is 5.69 Å². The average molecular weight is 349 g/mol. The number of carbonyl (C=O) groups excluding carboxylic acids is 1. The maximum atomic E-state index is 12.2. The molecule has 24 heavy (non-hydrogen) atoms. The van der Waals surface area contributed by atoms with E-state index in [4.69, 9.17) is 9.52 Å². The van der Waals surface area contributed by atoms with Crippen LogP contribution in [0, 0.1) is 5.92 Å². The van der Waals surface area contributed by atoms with Gasteiger partial charge in [0.05, 0.1) is 17.3 Å². The summed E-state index contributed by atoms with van der Waals surface area (Å²) in [6, 6.07) is 9.30. The van der Waals surface area contributed by atoms with E-state index in [1.54, 1.807) is 6.07 Å². The molecule has 1 saturated carbocycles. The minimum atomic E-state index is -3.49. The number of furan rings is 1. The molecule has 2 aromatic rings. The molecule has 1 heterocycles. The molecular formula is C17H19NO5S. The maximum absolute atomic E-state index is 12.2. The molecule has 7 heteroatoms. The maximum Gasteiger partial charge on any atom is 0.291 e. The molecular weight excluding hydrogens is 330 g/mol. The van der Waals surface area contributed by atoms with Gasteiger partial charge in [-0.05, 0) is 48.7 Å². The van der Waals surface area contributed by atoms with Gasteiger partial charge in [-0.25, -0.2) is 8.42 Å². The Morgan fingerprint density at radius 3 is 2.50 bits per heavy atom. The predicted octanol–water partition coefficient (Wildman–Crippen LogP) is 2.42. The minimum Gasteiger partial charge on any atom is -0.456 e. The average Bonchev–Trinajstić information content (AvgIpc) is 3.08. The number of rotatable bonds is 6. The molecule has 0 saturated heterocycles. The first kappa shape index (κ1) is 16.7. The summed E-state index contributed by atoms with van der Waals surface area (Å²) in [5, 5.41) is 11.5. The van der Waals surface area contributed by atoms with E-state index in [0.717, 1.165) is 12.2 Å². The van der Waals surface area contributed by atoms with Gasteiger partial charge in [-0.1, -0.05) is 6.92 Å². The number of anilines is 1. The molecule has 0 bridgehead atoms. The molecule has 0 unspecified atom stereocenters. The molecule has 1 amide bonds. The summed E-state index contributed by atoms with van der Waals surface area (Å²) in [6.45, 7) is 1.71. The van der Waals surface area contributed by atoms with Crippen LogP contribution in [0.2, 0.25) is 0 Å². The van der Waals surface area contributed by atoms with E-state index in [9.17, 15) is 13.2 Å². The number of hydrogen-bond donors (Lipinski definition) is 2. The van der Waals surface area contributed by atoms with Crippen LogP contribution in [0.5, 0.6) is 0 Å². The quantitative estimate of drug-likeness (QED) is 0.835. The summed E-state index contributed by atoms with van der Waals surface area (Å²) in [7, 11) is -3.49. The number of carbonyl (C=O) groups is 1. The third-order valence-electron chi connectivity index (χ3n) is 4.16. The molecule has 1 fully saturated rings. The fraction of sp³-hybridized carbons (Fsp3) is 0.353. The highest BCUT2D eigenvalue weighted by atomic mass is 32.2. The van der Waals surface area contributed by atoms with Crippen molar-refractivity contribution < 1.29 is 22.7 Å². The number of hydrogen-bond acceptors (Lipinski definition) is 5. The van der Waals surface area contributed by atoms with Crippen LogP contribution in [0.3, 0.4) is 0 Å². The summed E-state index contributed by atoms with van der Waals surface area (Å²) >= 11 is 0. The van der Waals surface area contributed by atoms with Crippen molar-refractivity contribution in [2.24, 2.45) is 5.92 Å². The SMILES string of the molecule is C[C@H]1C[C@@H]1c1ccc(C(=O)Nc2ccc(S(=O)(=O)CCO)cc2)o1. The molecule has 1 aliphatic carbocycles. The molecule has 1 aromatic heterocycles. The topological polar surface area (TPSA) is 96.6 Å². The highest BCUT2D eigenvalue weighted by Gasteiger charge is 2.36. The molecule has 3 rings (SSSR count). The van der Waals surface area contributed by atoms with Crippen molar-refractivity contribution in [3.63, 3.8) is 0 Å². The van der Waals surface area contributed by atoms with Crippen molar-refractivity contribution in [1.82, 2.24) is 0 Å². The predicted molar refractivity (Wildman–Crippen MR) is 88.8 cm³/mol. The smallest absolute Gasteiger partial charge is 0.291 e. The highest BCUT2D eigenvalue weighted by molar-refractivity contribution is 7.91. The molecule has 1 aliphatic rings. The van der Waals surface area contributed by atoms with Crippen molar-refractivity contribution in [3.05, 3.63) is 47.9 Å². The lowest BCUT2D eigenvalue weighted by Gasteiger charge is -2.06. The second kappa shape index (κ2) is 6.41. The van der Waals surface area contributed by atoms with Gasteiger partial charge in [0, 0.05) is 11.6 Å². The van der Waals surface area contributed by atoms with Crippen molar-refractivity contribution in [1.29, 1.82) is 0 Å². The van der Waals surface area contributed by atoms with Crippen LogP contribution in [-0.4, -0.2) is 31.8 Å². The second-order valence-corrected chi connectivity index (χ2v) is 8.15. The Bertz CT molecular complexity index is 838. The first-order valence-electron chi connectivity index (χ1n) is 7.75. The van der Waals surface area contributed by atoms with Gasteiger partial charge in [-0.15, -0.1) is 0 Å². The summed E-state index contributed by atoms with van der Waals surface area (Å²) in [6.07, 6.45) is 1.08. The molecule has 1 aromatic carbocycles. The third kappa shape index (κ3) is 3.52. The molecule has 2 N–H and O–H groups in total. The van der Waals surface area contributed by atoms with Crippen LogP contribution < -0.4 is 5.32 Å². The van der Waals surface area contributed by atoms with E-state index < -0.39 is 16.4 Å². The zero-order valence-corrected chi connectivity index (χ0v) is 14.0. The summed E-state index contributed by atoms with van der Waals surface area (Å²) in [5.41, 5.74) is 0.473. The Kier molecular flexibility index (Phi) is 4.47. The molecule has 0 spiro atoms. The van der Waals surface area contributed by atoms with Gasteiger partial charge < -0.3 is 14.8 Å². The van der Waals surface area contributed by atoms with Gasteiger partial charge in [0.2, 0.25) is 0 Å². The standard InChI is InChI=1S/C17H19NO5S/c1-11-10-14(11)15-6-7-16(23-15)17(20)18-12-2-4-13(5-3-12)24(21,22)9-8-19/h2-7,11,14,19H,8-10H2,1H3,(H,18,20)/t11-,14-/m0/s1. The van der Waals surface area contributed by atoms with E-state index in [0.29, 0.717) is 17.5 Å². The Morgan fingerprint density at radius 2 is 1.92 bits per heavy atom.